The maximum Gasteiger partial charge on any atom is 0.289 e. The second kappa shape index (κ2) is 6.15. The third-order valence-corrected chi connectivity index (χ3v) is 3.94. The first kappa shape index (κ1) is 14.5. The minimum atomic E-state index is 0.358. The van der Waals surface area contributed by atoms with E-state index in [1.54, 1.807) is 4.68 Å². The van der Waals surface area contributed by atoms with Crippen LogP contribution in [0, 0.1) is 18.7 Å². The number of rotatable bonds is 4. The van der Waals surface area contributed by atoms with Gasteiger partial charge in [0.1, 0.15) is 6.67 Å². The molecule has 0 fully saturated rings. The van der Waals surface area contributed by atoms with Crippen molar-refractivity contribution in [2.24, 2.45) is 0 Å². The van der Waals surface area contributed by atoms with Gasteiger partial charge in [-0.2, -0.15) is 0 Å². The summed E-state index contributed by atoms with van der Waals surface area (Å²) < 4.78 is 7.22. The minimum Gasteiger partial charge on any atom is -0.409 e. The topological polar surface area (TPSA) is 43.0 Å². The van der Waals surface area contributed by atoms with Crippen molar-refractivity contribution in [3.63, 3.8) is 0 Å². The molecule has 4 nitrogen and oxygen atoms in total. The predicted molar refractivity (Wildman–Crippen MR) is 90.3 cm³/mol. The number of benzene rings is 2. The molecule has 0 aliphatic heterocycles. The highest BCUT2D eigenvalue weighted by atomic mass is 32.1. The summed E-state index contributed by atoms with van der Waals surface area (Å²) in [4.78, 5) is 0.358. The molecular weight excluding hydrogens is 294 g/mol. The lowest BCUT2D eigenvalue weighted by atomic mass is 10.1. The molecule has 5 heteroatoms. The van der Waals surface area contributed by atoms with Gasteiger partial charge in [0.2, 0.25) is 5.89 Å². The van der Waals surface area contributed by atoms with Crippen LogP contribution in [0.1, 0.15) is 11.1 Å². The minimum absolute atomic E-state index is 0.358. The molecule has 112 valence electrons. The van der Waals surface area contributed by atoms with Gasteiger partial charge in [-0.1, -0.05) is 30.3 Å². The lowest BCUT2D eigenvalue weighted by molar-refractivity contribution is 0.522. The monoisotopic (exact) mass is 311 g/mol. The summed E-state index contributed by atoms with van der Waals surface area (Å²) in [6.45, 7) is 4.66. The number of aromatic nitrogens is 2. The molecule has 0 bridgehead atoms. The first-order chi connectivity index (χ1) is 10.6. The Labute approximate surface area is 134 Å². The number of aryl methyl sites for hydroxylation is 1. The standard InChI is InChI=1S/C17H17N3OS/c1-12-7-6-10-15(13(12)2)18-11-20-17(22)21-16(19-20)14-8-4-3-5-9-14/h3-10,18H,11H2,1-2H3. The molecule has 3 aromatic rings. The third kappa shape index (κ3) is 2.94. The van der Waals surface area contributed by atoms with Crippen LogP contribution in [0.25, 0.3) is 11.5 Å². The second-order valence-corrected chi connectivity index (χ2v) is 5.47. The van der Waals surface area contributed by atoms with Crippen molar-refractivity contribution in [3.8, 4) is 11.5 Å². The molecule has 0 saturated carbocycles. The summed E-state index contributed by atoms with van der Waals surface area (Å²) in [6, 6.07) is 15.9. The molecule has 0 saturated heterocycles. The van der Waals surface area contributed by atoms with Crippen molar-refractivity contribution in [1.29, 1.82) is 0 Å². The highest BCUT2D eigenvalue weighted by molar-refractivity contribution is 7.71. The molecule has 1 heterocycles. The summed E-state index contributed by atoms with van der Waals surface area (Å²) in [6.07, 6.45) is 0. The van der Waals surface area contributed by atoms with Crippen molar-refractivity contribution in [2.45, 2.75) is 20.5 Å². The van der Waals surface area contributed by atoms with E-state index in [4.69, 9.17) is 16.6 Å². The lowest BCUT2D eigenvalue weighted by Gasteiger charge is -2.10. The van der Waals surface area contributed by atoms with Crippen molar-refractivity contribution < 1.29 is 4.42 Å². The molecule has 0 atom stereocenters. The van der Waals surface area contributed by atoms with E-state index in [0.29, 0.717) is 17.4 Å². The van der Waals surface area contributed by atoms with Gasteiger partial charge in [0.05, 0.1) is 0 Å². The number of hydrogen-bond acceptors (Lipinski definition) is 4. The second-order valence-electron chi connectivity index (χ2n) is 5.12. The SMILES string of the molecule is Cc1cccc(NCn2nc(-c3ccccc3)oc2=S)c1C. The Kier molecular flexibility index (Phi) is 4.06. The van der Waals surface area contributed by atoms with Crippen LogP contribution in [-0.2, 0) is 6.67 Å². The largest absolute Gasteiger partial charge is 0.409 e. The molecular formula is C17H17N3OS. The van der Waals surface area contributed by atoms with E-state index >= 15 is 0 Å². The molecule has 0 spiro atoms. The lowest BCUT2D eigenvalue weighted by Crippen LogP contribution is -2.10. The van der Waals surface area contributed by atoms with Crippen molar-refractivity contribution in [2.75, 3.05) is 5.32 Å². The first-order valence-corrected chi connectivity index (χ1v) is 7.49. The summed E-state index contributed by atoms with van der Waals surface area (Å²) >= 11 is 5.24. The predicted octanol–water partition coefficient (Wildman–Crippen LogP) is 4.56. The zero-order valence-corrected chi connectivity index (χ0v) is 13.4. The van der Waals surface area contributed by atoms with Crippen LogP contribution in [0.15, 0.2) is 52.9 Å². The van der Waals surface area contributed by atoms with Crippen molar-refractivity contribution >= 4 is 17.9 Å². The molecule has 1 N–H and O–H groups in total. The Morgan fingerprint density at radius 2 is 1.86 bits per heavy atom. The zero-order valence-electron chi connectivity index (χ0n) is 12.5. The Morgan fingerprint density at radius 3 is 2.64 bits per heavy atom. The van der Waals surface area contributed by atoms with Crippen LogP contribution < -0.4 is 5.32 Å². The number of hydrogen-bond donors (Lipinski definition) is 1. The number of nitrogens with one attached hydrogen (secondary N) is 1. The van der Waals surface area contributed by atoms with Crippen LogP contribution in [0.5, 0.6) is 0 Å². The maximum absolute atomic E-state index is 5.57. The Bertz CT molecular complexity index is 837. The molecule has 22 heavy (non-hydrogen) atoms. The molecule has 0 aliphatic carbocycles. The van der Waals surface area contributed by atoms with E-state index in [9.17, 15) is 0 Å². The number of nitrogens with zero attached hydrogens (tertiary/aromatic N) is 2. The van der Waals surface area contributed by atoms with E-state index in [0.717, 1.165) is 11.3 Å². The summed E-state index contributed by atoms with van der Waals surface area (Å²) in [5.74, 6) is 0.536. The smallest absolute Gasteiger partial charge is 0.289 e. The van der Waals surface area contributed by atoms with Crippen LogP contribution in [0.4, 0.5) is 5.69 Å². The molecule has 3 rings (SSSR count). The van der Waals surface area contributed by atoms with Crippen molar-refractivity contribution in [1.82, 2.24) is 9.78 Å². The Morgan fingerprint density at radius 1 is 1.09 bits per heavy atom. The number of anilines is 1. The van der Waals surface area contributed by atoms with Crippen molar-refractivity contribution in [3.05, 3.63) is 64.5 Å². The van der Waals surface area contributed by atoms with Crippen LogP contribution in [0.2, 0.25) is 0 Å². The van der Waals surface area contributed by atoms with Crippen LogP contribution >= 0.6 is 12.2 Å². The van der Waals surface area contributed by atoms with E-state index < -0.39 is 0 Å². The molecule has 0 aliphatic rings. The van der Waals surface area contributed by atoms with Gasteiger partial charge < -0.3 is 9.73 Å². The van der Waals surface area contributed by atoms with Crippen LogP contribution in [-0.4, -0.2) is 9.78 Å². The molecule has 0 unspecified atom stereocenters. The van der Waals surface area contributed by atoms with E-state index in [2.05, 4.69) is 30.3 Å². The zero-order chi connectivity index (χ0) is 15.5. The first-order valence-electron chi connectivity index (χ1n) is 7.08. The summed E-state index contributed by atoms with van der Waals surface area (Å²) in [5.41, 5.74) is 4.46. The van der Waals surface area contributed by atoms with Gasteiger partial charge >= 0.3 is 0 Å². The van der Waals surface area contributed by atoms with E-state index in [-0.39, 0.29) is 0 Å². The molecule has 1 aromatic heterocycles. The van der Waals surface area contributed by atoms with Crippen LogP contribution in [0.3, 0.4) is 0 Å². The van der Waals surface area contributed by atoms with Gasteiger partial charge in [0.25, 0.3) is 4.84 Å². The normalized spacial score (nSPS) is 10.6. The fourth-order valence-electron chi connectivity index (χ4n) is 2.21. The highest BCUT2D eigenvalue weighted by Crippen LogP contribution is 2.19. The Hall–Kier alpha value is -2.40. The van der Waals surface area contributed by atoms with Gasteiger partial charge in [0.15, 0.2) is 0 Å². The van der Waals surface area contributed by atoms with Gasteiger partial charge in [-0.25, -0.2) is 4.68 Å². The average Bonchev–Trinajstić information content (AvgIpc) is 2.91. The highest BCUT2D eigenvalue weighted by Gasteiger charge is 2.08. The van der Waals surface area contributed by atoms with E-state index in [1.165, 1.54) is 11.1 Å². The molecule has 0 radical (unpaired) electrons. The quantitative estimate of drug-likeness (QED) is 0.717. The van der Waals surface area contributed by atoms with Gasteiger partial charge in [-0.3, -0.25) is 0 Å². The third-order valence-electron chi connectivity index (χ3n) is 3.65. The van der Waals surface area contributed by atoms with Gasteiger partial charge in [0, 0.05) is 11.3 Å². The fraction of sp³-hybridized carbons (Fsp3) is 0.176. The van der Waals surface area contributed by atoms with E-state index in [1.807, 2.05) is 42.5 Å². The average molecular weight is 311 g/mol. The molecule has 2 aromatic carbocycles. The Balaban J connectivity index is 1.81. The fourth-order valence-corrected chi connectivity index (χ4v) is 2.39. The summed E-state index contributed by atoms with van der Waals surface area (Å²) in [5, 5.41) is 7.78. The summed E-state index contributed by atoms with van der Waals surface area (Å²) in [7, 11) is 0. The van der Waals surface area contributed by atoms with Gasteiger partial charge in [-0.05, 0) is 55.4 Å². The maximum atomic E-state index is 5.57. The van der Waals surface area contributed by atoms with Gasteiger partial charge in [-0.15, -0.1) is 5.10 Å². The molecule has 0 amide bonds.